The van der Waals surface area contributed by atoms with Crippen LogP contribution in [0.1, 0.15) is 0 Å². The van der Waals surface area contributed by atoms with E-state index in [2.05, 4.69) is 0 Å². The average Bonchev–Trinajstić information content (AvgIpc) is 2.03. The fraction of sp³-hybridized carbons (Fsp3) is 0.143. The standard InChI is InChI=1S/C7H7BF3OS/c1-13(12)7-5-3-2-4-6(7)8(9,10)11/h2-5H,1H3/q-1. The summed E-state index contributed by atoms with van der Waals surface area (Å²) < 4.78 is 47.9. The van der Waals surface area contributed by atoms with Crippen LogP contribution < -0.4 is 5.46 Å². The first-order chi connectivity index (χ1) is 5.93. The third kappa shape index (κ3) is 2.34. The maximum Gasteiger partial charge on any atom is 0.510 e. The summed E-state index contributed by atoms with van der Waals surface area (Å²) in [5.74, 6) is 0. The monoisotopic (exact) mass is 207 g/mol. The van der Waals surface area contributed by atoms with Crippen molar-refractivity contribution in [1.82, 2.24) is 0 Å². The molecular formula is C7H7BF3OS-. The molecule has 0 aliphatic heterocycles. The first-order valence-corrected chi connectivity index (χ1v) is 5.11. The number of halogens is 3. The van der Waals surface area contributed by atoms with Gasteiger partial charge in [-0.25, -0.2) is 0 Å². The van der Waals surface area contributed by atoms with Crippen LogP contribution in [0.5, 0.6) is 0 Å². The molecule has 0 heterocycles. The molecule has 0 saturated heterocycles. The summed E-state index contributed by atoms with van der Waals surface area (Å²) in [6, 6.07) is 4.93. The maximum atomic E-state index is 12.3. The lowest BCUT2D eigenvalue weighted by atomic mass is 9.80. The van der Waals surface area contributed by atoms with Gasteiger partial charge >= 0.3 is 6.98 Å². The Morgan fingerprint density at radius 1 is 1.23 bits per heavy atom. The molecule has 0 aliphatic rings. The van der Waals surface area contributed by atoms with Gasteiger partial charge < -0.3 is 12.9 Å². The predicted octanol–water partition coefficient (Wildman–Crippen LogP) is 1.48. The van der Waals surface area contributed by atoms with Crippen molar-refractivity contribution >= 4 is 23.2 Å². The molecule has 1 nitrogen and oxygen atoms in total. The van der Waals surface area contributed by atoms with E-state index in [1.165, 1.54) is 24.5 Å². The predicted molar refractivity (Wildman–Crippen MR) is 47.5 cm³/mol. The van der Waals surface area contributed by atoms with Gasteiger partial charge in [-0.05, 0) is 6.07 Å². The smallest absolute Gasteiger partial charge is 0.445 e. The van der Waals surface area contributed by atoms with Crippen molar-refractivity contribution in [1.29, 1.82) is 0 Å². The normalized spacial score (nSPS) is 14.2. The Morgan fingerprint density at radius 2 is 1.77 bits per heavy atom. The minimum absolute atomic E-state index is 0.144. The molecule has 6 heteroatoms. The third-order valence-corrected chi connectivity index (χ3v) is 2.57. The minimum atomic E-state index is -5.06. The molecule has 0 amide bonds. The van der Waals surface area contributed by atoms with E-state index in [1.807, 2.05) is 0 Å². The highest BCUT2D eigenvalue weighted by molar-refractivity contribution is 7.84. The fourth-order valence-electron chi connectivity index (χ4n) is 1.01. The van der Waals surface area contributed by atoms with Gasteiger partial charge in [-0.2, -0.15) is 0 Å². The number of rotatable bonds is 2. The maximum absolute atomic E-state index is 12.3. The minimum Gasteiger partial charge on any atom is -0.445 e. The van der Waals surface area contributed by atoms with Crippen LogP contribution in [0.25, 0.3) is 0 Å². The summed E-state index contributed by atoms with van der Waals surface area (Å²) in [6.45, 7) is -5.06. The van der Waals surface area contributed by atoms with Gasteiger partial charge in [0.2, 0.25) is 0 Å². The zero-order valence-electron chi connectivity index (χ0n) is 6.84. The SMILES string of the molecule is CS(=O)c1ccccc1[B-](F)(F)F. The molecular weight excluding hydrogens is 200 g/mol. The van der Waals surface area contributed by atoms with Crippen LogP contribution >= 0.6 is 0 Å². The quantitative estimate of drug-likeness (QED) is 0.671. The molecule has 0 bridgehead atoms. The van der Waals surface area contributed by atoms with Crippen molar-refractivity contribution in [3.63, 3.8) is 0 Å². The molecule has 1 unspecified atom stereocenters. The molecule has 0 saturated carbocycles. The highest BCUT2D eigenvalue weighted by Crippen LogP contribution is 2.13. The summed E-state index contributed by atoms with van der Waals surface area (Å²) >= 11 is 0. The Balaban J connectivity index is 3.28. The Labute approximate surface area is 76.5 Å². The van der Waals surface area contributed by atoms with E-state index in [0.717, 1.165) is 6.07 Å². The second-order valence-electron chi connectivity index (χ2n) is 2.57. The van der Waals surface area contributed by atoms with Crippen LogP contribution in [0.3, 0.4) is 0 Å². The summed E-state index contributed by atoms with van der Waals surface area (Å²) in [6.07, 6.45) is 1.24. The van der Waals surface area contributed by atoms with Crippen LogP contribution in [0.15, 0.2) is 29.2 Å². The van der Waals surface area contributed by atoms with E-state index >= 15 is 0 Å². The van der Waals surface area contributed by atoms with Crippen LogP contribution in [0.4, 0.5) is 12.9 Å². The molecule has 1 atom stereocenters. The molecule has 1 aromatic carbocycles. The van der Waals surface area contributed by atoms with E-state index in [1.54, 1.807) is 0 Å². The molecule has 72 valence electrons. The van der Waals surface area contributed by atoms with Gasteiger partial charge in [0.05, 0.1) is 0 Å². The average molecular weight is 207 g/mol. The van der Waals surface area contributed by atoms with Crippen molar-refractivity contribution in [2.24, 2.45) is 0 Å². The second-order valence-corrected chi connectivity index (χ2v) is 3.91. The lowest BCUT2D eigenvalue weighted by Crippen LogP contribution is -2.36. The molecule has 0 radical (unpaired) electrons. The van der Waals surface area contributed by atoms with Crippen LogP contribution in [-0.4, -0.2) is 17.4 Å². The lowest BCUT2D eigenvalue weighted by Gasteiger charge is -2.17. The highest BCUT2D eigenvalue weighted by atomic mass is 32.2. The fourth-order valence-corrected chi connectivity index (χ4v) is 1.82. The number of benzene rings is 1. The first kappa shape index (κ1) is 10.3. The Bertz CT molecular complexity index is 337. The van der Waals surface area contributed by atoms with Gasteiger partial charge in [0.1, 0.15) is 0 Å². The number of hydrogen-bond acceptors (Lipinski definition) is 1. The van der Waals surface area contributed by atoms with Crippen molar-refractivity contribution in [2.45, 2.75) is 4.90 Å². The first-order valence-electron chi connectivity index (χ1n) is 3.55. The van der Waals surface area contributed by atoms with Gasteiger partial charge in [0.25, 0.3) is 0 Å². The third-order valence-electron chi connectivity index (χ3n) is 1.58. The van der Waals surface area contributed by atoms with Gasteiger partial charge in [0, 0.05) is 22.0 Å². The summed E-state index contributed by atoms with van der Waals surface area (Å²) in [5.41, 5.74) is -0.761. The van der Waals surface area contributed by atoms with Gasteiger partial charge in [-0.15, -0.1) is 0 Å². The highest BCUT2D eigenvalue weighted by Gasteiger charge is 2.28. The van der Waals surface area contributed by atoms with E-state index in [9.17, 15) is 17.2 Å². The summed E-state index contributed by atoms with van der Waals surface area (Å²) in [7, 11) is -1.59. The molecule has 0 aliphatic carbocycles. The van der Waals surface area contributed by atoms with E-state index < -0.39 is 23.2 Å². The van der Waals surface area contributed by atoms with E-state index in [0.29, 0.717) is 0 Å². The van der Waals surface area contributed by atoms with Crippen LogP contribution in [0, 0.1) is 0 Å². The molecule has 13 heavy (non-hydrogen) atoms. The Morgan fingerprint density at radius 3 is 2.15 bits per heavy atom. The molecule has 1 rings (SSSR count). The summed E-state index contributed by atoms with van der Waals surface area (Å²) in [4.78, 5) is -0.144. The molecule has 0 fully saturated rings. The van der Waals surface area contributed by atoms with Crippen molar-refractivity contribution in [3.05, 3.63) is 24.3 Å². The van der Waals surface area contributed by atoms with E-state index in [-0.39, 0.29) is 4.90 Å². The summed E-state index contributed by atoms with van der Waals surface area (Å²) in [5, 5.41) is 0. The van der Waals surface area contributed by atoms with Crippen LogP contribution in [0.2, 0.25) is 0 Å². The topological polar surface area (TPSA) is 17.1 Å². The van der Waals surface area contributed by atoms with Crippen molar-refractivity contribution in [2.75, 3.05) is 6.26 Å². The van der Waals surface area contributed by atoms with E-state index in [4.69, 9.17) is 0 Å². The largest absolute Gasteiger partial charge is 0.510 e. The second kappa shape index (κ2) is 3.53. The Hall–Kier alpha value is -0.775. The molecule has 0 spiro atoms. The van der Waals surface area contributed by atoms with Gasteiger partial charge in [0.15, 0.2) is 0 Å². The van der Waals surface area contributed by atoms with Gasteiger partial charge in [-0.3, -0.25) is 4.21 Å². The Kier molecular flexibility index (Phi) is 2.80. The van der Waals surface area contributed by atoms with Crippen LogP contribution in [-0.2, 0) is 10.8 Å². The van der Waals surface area contributed by atoms with Crippen molar-refractivity contribution in [3.8, 4) is 0 Å². The zero-order chi connectivity index (χ0) is 10.1. The number of hydrogen-bond donors (Lipinski definition) is 0. The van der Waals surface area contributed by atoms with Gasteiger partial charge in [-0.1, -0.05) is 23.7 Å². The lowest BCUT2D eigenvalue weighted by molar-refractivity contribution is 0.499. The molecule has 0 aromatic heterocycles. The molecule has 0 N–H and O–H groups in total. The molecule has 1 aromatic rings. The van der Waals surface area contributed by atoms with Crippen molar-refractivity contribution < 1.29 is 17.2 Å². The zero-order valence-corrected chi connectivity index (χ0v) is 7.65.